The van der Waals surface area contributed by atoms with Gasteiger partial charge in [-0.05, 0) is 36.4 Å². The predicted molar refractivity (Wildman–Crippen MR) is 96.1 cm³/mol. The first-order chi connectivity index (χ1) is 12.9. The largest absolute Gasteiger partial charge is 0.490 e. The van der Waals surface area contributed by atoms with Gasteiger partial charge in [-0.1, -0.05) is 0 Å². The lowest BCUT2D eigenvalue weighted by molar-refractivity contribution is -0.384. The van der Waals surface area contributed by atoms with Gasteiger partial charge in [0.2, 0.25) is 0 Å². The number of carboxylic acid groups (broad SMARTS) is 1. The van der Waals surface area contributed by atoms with Gasteiger partial charge in [0.1, 0.15) is 11.9 Å². The third-order valence-electron chi connectivity index (χ3n) is 4.46. The van der Waals surface area contributed by atoms with Gasteiger partial charge in [0, 0.05) is 43.6 Å². The fourth-order valence-electron chi connectivity index (χ4n) is 2.95. The molecule has 1 N–H and O–H groups in total. The number of rotatable bonds is 5. The fraction of sp³-hybridized carbons (Fsp3) is 0.263. The maximum absolute atomic E-state index is 12.5. The molecule has 8 nitrogen and oxygen atoms in total. The number of hydrogen-bond acceptors (Lipinski definition) is 5. The Bertz CT molecular complexity index is 840. The molecule has 8 heteroatoms. The van der Waals surface area contributed by atoms with Crippen LogP contribution in [-0.4, -0.2) is 46.0 Å². The summed E-state index contributed by atoms with van der Waals surface area (Å²) in [7, 11) is 0. The number of amides is 1. The van der Waals surface area contributed by atoms with E-state index in [1.807, 2.05) is 0 Å². The zero-order valence-corrected chi connectivity index (χ0v) is 14.4. The molecule has 0 bridgehead atoms. The zero-order valence-electron chi connectivity index (χ0n) is 14.4. The van der Waals surface area contributed by atoms with Gasteiger partial charge in [-0.3, -0.25) is 14.9 Å². The summed E-state index contributed by atoms with van der Waals surface area (Å²) >= 11 is 0. The molecule has 0 atom stereocenters. The number of piperidine rings is 1. The molecule has 1 heterocycles. The number of likely N-dealkylation sites (tertiary alicyclic amines) is 1. The highest BCUT2D eigenvalue weighted by atomic mass is 16.6. The van der Waals surface area contributed by atoms with Crippen molar-refractivity contribution in [3.8, 4) is 5.75 Å². The van der Waals surface area contributed by atoms with Crippen LogP contribution in [0.15, 0.2) is 48.5 Å². The van der Waals surface area contributed by atoms with Gasteiger partial charge in [-0.2, -0.15) is 0 Å². The molecule has 0 spiro atoms. The standard InChI is InChI=1S/C19H18N2O6/c22-18(13-1-3-14(4-2-13)19(23)24)20-11-9-17(10-12-20)27-16-7-5-15(6-8-16)21(25)26/h1-8,17H,9-12H2,(H,23,24). The molecule has 0 saturated carbocycles. The van der Waals surface area contributed by atoms with Crippen molar-refractivity contribution in [1.82, 2.24) is 4.90 Å². The number of benzene rings is 2. The second-order valence-corrected chi connectivity index (χ2v) is 6.24. The van der Waals surface area contributed by atoms with Crippen LogP contribution in [0.5, 0.6) is 5.75 Å². The minimum absolute atomic E-state index is 0.0108. The van der Waals surface area contributed by atoms with Gasteiger partial charge in [0.25, 0.3) is 11.6 Å². The van der Waals surface area contributed by atoms with Crippen LogP contribution in [0.4, 0.5) is 5.69 Å². The third kappa shape index (κ3) is 4.41. The zero-order chi connectivity index (χ0) is 19.4. The van der Waals surface area contributed by atoms with Crippen LogP contribution in [0.25, 0.3) is 0 Å². The Hall–Kier alpha value is -3.42. The molecule has 27 heavy (non-hydrogen) atoms. The summed E-state index contributed by atoms with van der Waals surface area (Å²) in [6, 6.07) is 11.8. The molecular weight excluding hydrogens is 352 g/mol. The molecule has 1 fully saturated rings. The van der Waals surface area contributed by atoms with E-state index < -0.39 is 10.9 Å². The molecule has 0 aliphatic carbocycles. The average Bonchev–Trinajstić information content (AvgIpc) is 2.68. The molecule has 1 aliphatic heterocycles. The van der Waals surface area contributed by atoms with Crippen LogP contribution < -0.4 is 4.74 Å². The number of carbonyl (C=O) groups is 2. The quantitative estimate of drug-likeness (QED) is 0.640. The van der Waals surface area contributed by atoms with Crippen LogP contribution >= 0.6 is 0 Å². The van der Waals surface area contributed by atoms with E-state index >= 15 is 0 Å². The lowest BCUT2D eigenvalue weighted by atomic mass is 10.1. The Morgan fingerprint density at radius 1 is 1.00 bits per heavy atom. The van der Waals surface area contributed by atoms with Crippen molar-refractivity contribution >= 4 is 17.6 Å². The predicted octanol–water partition coefficient (Wildman–Crippen LogP) is 2.98. The number of hydrogen-bond donors (Lipinski definition) is 1. The summed E-state index contributed by atoms with van der Waals surface area (Å²) in [4.78, 5) is 35.3. The van der Waals surface area contributed by atoms with E-state index in [-0.39, 0.29) is 23.3 Å². The molecule has 1 aliphatic rings. The molecule has 1 saturated heterocycles. The first kappa shape index (κ1) is 18.4. The number of non-ortho nitro benzene ring substituents is 1. The summed E-state index contributed by atoms with van der Waals surface area (Å²) in [5.74, 6) is -0.603. The van der Waals surface area contributed by atoms with Gasteiger partial charge >= 0.3 is 5.97 Å². The van der Waals surface area contributed by atoms with Crippen molar-refractivity contribution in [2.75, 3.05) is 13.1 Å². The molecule has 0 radical (unpaired) electrons. The highest BCUT2D eigenvalue weighted by molar-refractivity contribution is 5.95. The molecule has 2 aromatic carbocycles. The van der Waals surface area contributed by atoms with Gasteiger partial charge in [-0.25, -0.2) is 4.79 Å². The van der Waals surface area contributed by atoms with E-state index in [2.05, 4.69) is 0 Å². The number of nitro benzene ring substituents is 1. The number of aromatic carboxylic acids is 1. The topological polar surface area (TPSA) is 110 Å². The second-order valence-electron chi connectivity index (χ2n) is 6.24. The number of carbonyl (C=O) groups excluding carboxylic acids is 1. The van der Waals surface area contributed by atoms with Crippen LogP contribution in [0.2, 0.25) is 0 Å². The summed E-state index contributed by atoms with van der Waals surface area (Å²) in [5, 5.41) is 19.6. The number of ether oxygens (including phenoxy) is 1. The Morgan fingerprint density at radius 2 is 1.56 bits per heavy atom. The second kappa shape index (κ2) is 7.86. The normalized spacial score (nSPS) is 14.6. The highest BCUT2D eigenvalue weighted by Crippen LogP contribution is 2.22. The fourth-order valence-corrected chi connectivity index (χ4v) is 2.95. The number of carboxylic acids is 1. The van der Waals surface area contributed by atoms with Crippen molar-refractivity contribution in [3.05, 3.63) is 69.8 Å². The number of nitro groups is 1. The van der Waals surface area contributed by atoms with Gasteiger partial charge in [0.05, 0.1) is 10.5 Å². The van der Waals surface area contributed by atoms with Crippen molar-refractivity contribution < 1.29 is 24.4 Å². The molecule has 140 valence electrons. The summed E-state index contributed by atoms with van der Waals surface area (Å²) in [6.45, 7) is 1.05. The van der Waals surface area contributed by atoms with Crippen molar-refractivity contribution in [3.63, 3.8) is 0 Å². The van der Waals surface area contributed by atoms with E-state index in [0.717, 1.165) is 0 Å². The van der Waals surface area contributed by atoms with Crippen molar-refractivity contribution in [1.29, 1.82) is 0 Å². The first-order valence-electron chi connectivity index (χ1n) is 8.48. The van der Waals surface area contributed by atoms with Crippen LogP contribution in [0.1, 0.15) is 33.6 Å². The monoisotopic (exact) mass is 370 g/mol. The molecule has 1 amide bonds. The van der Waals surface area contributed by atoms with E-state index in [4.69, 9.17) is 9.84 Å². The van der Waals surface area contributed by atoms with E-state index in [1.54, 1.807) is 17.0 Å². The maximum atomic E-state index is 12.5. The Balaban J connectivity index is 1.54. The van der Waals surface area contributed by atoms with Crippen LogP contribution in [0.3, 0.4) is 0 Å². The highest BCUT2D eigenvalue weighted by Gasteiger charge is 2.25. The lowest BCUT2D eigenvalue weighted by Crippen LogP contribution is -2.41. The van der Waals surface area contributed by atoms with Gasteiger partial charge in [0.15, 0.2) is 0 Å². The summed E-state index contributed by atoms with van der Waals surface area (Å²) in [6.07, 6.45) is 1.23. The lowest BCUT2D eigenvalue weighted by Gasteiger charge is -2.32. The molecule has 2 aromatic rings. The Morgan fingerprint density at radius 3 is 2.07 bits per heavy atom. The maximum Gasteiger partial charge on any atom is 0.335 e. The SMILES string of the molecule is O=C(O)c1ccc(C(=O)N2CCC(Oc3ccc([N+](=O)[O-])cc3)CC2)cc1. The number of nitrogens with zero attached hydrogens (tertiary/aromatic N) is 2. The third-order valence-corrected chi connectivity index (χ3v) is 4.46. The average molecular weight is 370 g/mol. The molecule has 3 rings (SSSR count). The van der Waals surface area contributed by atoms with Crippen molar-refractivity contribution in [2.45, 2.75) is 18.9 Å². The van der Waals surface area contributed by atoms with E-state index in [0.29, 0.717) is 37.2 Å². The molecular formula is C19H18N2O6. The Kier molecular flexibility index (Phi) is 5.35. The molecule has 0 unspecified atom stereocenters. The minimum Gasteiger partial charge on any atom is -0.490 e. The van der Waals surface area contributed by atoms with Crippen molar-refractivity contribution in [2.24, 2.45) is 0 Å². The van der Waals surface area contributed by atoms with E-state index in [9.17, 15) is 19.7 Å². The smallest absolute Gasteiger partial charge is 0.335 e. The van der Waals surface area contributed by atoms with Gasteiger partial charge in [-0.15, -0.1) is 0 Å². The minimum atomic E-state index is -1.03. The van der Waals surface area contributed by atoms with Crippen LogP contribution in [-0.2, 0) is 0 Å². The molecule has 0 aromatic heterocycles. The summed E-state index contributed by atoms with van der Waals surface area (Å²) in [5.41, 5.74) is 0.605. The summed E-state index contributed by atoms with van der Waals surface area (Å²) < 4.78 is 5.84. The van der Waals surface area contributed by atoms with E-state index in [1.165, 1.54) is 36.4 Å². The van der Waals surface area contributed by atoms with Gasteiger partial charge < -0.3 is 14.7 Å². The Labute approximate surface area is 155 Å². The first-order valence-corrected chi connectivity index (χ1v) is 8.48. The van der Waals surface area contributed by atoms with Crippen LogP contribution in [0, 0.1) is 10.1 Å².